The van der Waals surface area contributed by atoms with E-state index < -0.39 is 0 Å². The molecule has 1 aliphatic heterocycles. The number of aromatic nitrogens is 2. The van der Waals surface area contributed by atoms with Crippen molar-refractivity contribution in [2.24, 2.45) is 0 Å². The van der Waals surface area contributed by atoms with Crippen molar-refractivity contribution < 1.29 is 9.53 Å². The van der Waals surface area contributed by atoms with Gasteiger partial charge >= 0.3 is 0 Å². The molecule has 1 N–H and O–H groups in total. The number of morpholine rings is 1. The van der Waals surface area contributed by atoms with Crippen LogP contribution in [0, 0.1) is 0 Å². The van der Waals surface area contributed by atoms with Crippen LogP contribution in [0.25, 0.3) is 0 Å². The molecule has 1 saturated heterocycles. The maximum Gasteiger partial charge on any atom is 0.271 e. The van der Waals surface area contributed by atoms with Gasteiger partial charge in [0.1, 0.15) is 5.69 Å². The van der Waals surface area contributed by atoms with E-state index in [0.29, 0.717) is 31.4 Å². The minimum absolute atomic E-state index is 0.000783. The van der Waals surface area contributed by atoms with Crippen molar-refractivity contribution in [1.82, 2.24) is 20.0 Å². The lowest BCUT2D eigenvalue weighted by molar-refractivity contribution is 0.0162. The molecule has 2 fully saturated rings. The van der Waals surface area contributed by atoms with Crippen LogP contribution in [0.2, 0.25) is 5.02 Å². The number of hydrogen-bond donors (Lipinski definition) is 1. The Morgan fingerprint density at radius 2 is 1.97 bits per heavy atom. The number of hydrogen-bond acceptors (Lipinski definition) is 4. The zero-order valence-electron chi connectivity index (χ0n) is 18.0. The Hall–Kier alpha value is -1.89. The second-order valence-corrected chi connectivity index (χ2v) is 9.61. The highest BCUT2D eigenvalue weighted by Crippen LogP contribution is 2.41. The molecule has 0 radical (unpaired) electrons. The molecular weight excluding hydrogens is 400 g/mol. The second kappa shape index (κ2) is 8.69. The summed E-state index contributed by atoms with van der Waals surface area (Å²) in [5, 5.41) is 8.50. The molecule has 1 saturated carbocycles. The van der Waals surface area contributed by atoms with Crippen LogP contribution in [0.3, 0.4) is 0 Å². The predicted molar refractivity (Wildman–Crippen MR) is 118 cm³/mol. The van der Waals surface area contributed by atoms with Gasteiger partial charge in [0.25, 0.3) is 5.91 Å². The van der Waals surface area contributed by atoms with Gasteiger partial charge in [-0.25, -0.2) is 0 Å². The van der Waals surface area contributed by atoms with Crippen LogP contribution in [-0.2, 0) is 10.3 Å². The van der Waals surface area contributed by atoms with Crippen LogP contribution >= 0.6 is 11.6 Å². The largest absolute Gasteiger partial charge is 0.379 e. The average molecular weight is 431 g/mol. The van der Waals surface area contributed by atoms with Crippen LogP contribution < -0.4 is 5.32 Å². The van der Waals surface area contributed by atoms with Crippen molar-refractivity contribution in [3.8, 4) is 0 Å². The summed E-state index contributed by atoms with van der Waals surface area (Å²) in [6.07, 6.45) is 2.35. The number of amides is 1. The molecule has 1 unspecified atom stereocenters. The fraction of sp³-hybridized carbons (Fsp3) is 0.565. The summed E-state index contributed by atoms with van der Waals surface area (Å²) >= 11 is 6.50. The summed E-state index contributed by atoms with van der Waals surface area (Å²) in [5.74, 6) is 0.396. The molecule has 6 nitrogen and oxygen atoms in total. The lowest BCUT2D eigenvalue weighted by Gasteiger charge is -2.35. The van der Waals surface area contributed by atoms with Gasteiger partial charge < -0.3 is 10.1 Å². The van der Waals surface area contributed by atoms with Crippen molar-refractivity contribution >= 4 is 17.5 Å². The van der Waals surface area contributed by atoms with E-state index in [0.717, 1.165) is 23.7 Å². The number of nitrogens with one attached hydrogen (secondary N) is 1. The lowest BCUT2D eigenvalue weighted by atomic mass is 10.0. The topological polar surface area (TPSA) is 59.4 Å². The van der Waals surface area contributed by atoms with Crippen LogP contribution in [0.4, 0.5) is 0 Å². The van der Waals surface area contributed by atoms with Crippen molar-refractivity contribution in [3.05, 3.63) is 52.3 Å². The number of benzene rings is 1. The fourth-order valence-electron chi connectivity index (χ4n) is 4.06. The van der Waals surface area contributed by atoms with Gasteiger partial charge in [-0.05, 0) is 51.3 Å². The van der Waals surface area contributed by atoms with Crippen LogP contribution in [-0.4, -0.2) is 53.4 Å². The van der Waals surface area contributed by atoms with E-state index in [1.165, 1.54) is 18.5 Å². The first-order valence-corrected chi connectivity index (χ1v) is 11.2. The molecule has 1 aliphatic carbocycles. The summed E-state index contributed by atoms with van der Waals surface area (Å²) in [6.45, 7) is 9.86. The van der Waals surface area contributed by atoms with Gasteiger partial charge in [0.05, 0.1) is 24.8 Å². The molecule has 1 aromatic heterocycles. The molecule has 4 rings (SSSR count). The van der Waals surface area contributed by atoms with Gasteiger partial charge in [-0.3, -0.25) is 14.4 Å². The third-order valence-corrected chi connectivity index (χ3v) is 6.15. The summed E-state index contributed by atoms with van der Waals surface area (Å²) in [5.41, 5.74) is 2.54. The van der Waals surface area contributed by atoms with Crippen LogP contribution in [0.15, 0.2) is 30.3 Å². The van der Waals surface area contributed by atoms with E-state index in [2.05, 4.69) is 36.1 Å². The molecule has 1 atom stereocenters. The molecule has 2 aliphatic rings. The SMILES string of the molecule is CC(C)(C)n1nc(C(=O)NCC(c2ccccc2Cl)N2CCOCC2)cc1C1CC1. The monoisotopic (exact) mass is 430 g/mol. The smallest absolute Gasteiger partial charge is 0.271 e. The average Bonchev–Trinajstić information content (AvgIpc) is 3.46. The summed E-state index contributed by atoms with van der Waals surface area (Å²) in [6, 6.07) is 9.83. The summed E-state index contributed by atoms with van der Waals surface area (Å²) < 4.78 is 7.53. The molecule has 2 aromatic rings. The first-order chi connectivity index (χ1) is 14.3. The molecule has 162 valence electrons. The lowest BCUT2D eigenvalue weighted by Crippen LogP contribution is -2.44. The predicted octanol–water partition coefficient (Wildman–Crippen LogP) is 3.97. The standard InChI is InChI=1S/C23H31ClN4O2/c1-23(2,3)28-20(16-8-9-16)14-19(26-28)22(29)25-15-21(27-10-12-30-13-11-27)17-6-4-5-7-18(17)24/h4-7,14,16,21H,8-13,15H2,1-3H3,(H,25,29). The minimum Gasteiger partial charge on any atom is -0.379 e. The number of halogens is 1. The molecule has 0 bridgehead atoms. The number of carbonyl (C=O) groups is 1. The van der Waals surface area contributed by atoms with Crippen molar-refractivity contribution in [1.29, 1.82) is 0 Å². The molecule has 7 heteroatoms. The Bertz CT molecular complexity index is 895. The van der Waals surface area contributed by atoms with E-state index in [1.54, 1.807) is 0 Å². The van der Waals surface area contributed by atoms with E-state index in [1.807, 2.05) is 35.0 Å². The van der Waals surface area contributed by atoms with Crippen LogP contribution in [0.5, 0.6) is 0 Å². The van der Waals surface area contributed by atoms with E-state index >= 15 is 0 Å². The Balaban J connectivity index is 1.52. The molecule has 1 amide bonds. The molecule has 2 heterocycles. The van der Waals surface area contributed by atoms with E-state index in [4.69, 9.17) is 16.3 Å². The van der Waals surface area contributed by atoms with Gasteiger partial charge in [-0.2, -0.15) is 5.10 Å². The molecule has 0 spiro atoms. The fourth-order valence-corrected chi connectivity index (χ4v) is 4.33. The highest BCUT2D eigenvalue weighted by molar-refractivity contribution is 6.31. The zero-order chi connectivity index (χ0) is 21.3. The maximum absolute atomic E-state index is 13.0. The summed E-state index contributed by atoms with van der Waals surface area (Å²) in [7, 11) is 0. The Morgan fingerprint density at radius 3 is 2.60 bits per heavy atom. The van der Waals surface area contributed by atoms with Crippen molar-refractivity contribution in [2.75, 3.05) is 32.8 Å². The molecule has 1 aromatic carbocycles. The third kappa shape index (κ3) is 4.71. The maximum atomic E-state index is 13.0. The number of ether oxygens (including phenoxy) is 1. The number of carbonyl (C=O) groups excluding carboxylic acids is 1. The van der Waals surface area contributed by atoms with Gasteiger partial charge in [0.2, 0.25) is 0 Å². The van der Waals surface area contributed by atoms with Gasteiger partial charge in [-0.15, -0.1) is 0 Å². The van der Waals surface area contributed by atoms with Gasteiger partial charge in [0.15, 0.2) is 0 Å². The van der Waals surface area contributed by atoms with E-state index in [9.17, 15) is 4.79 Å². The first kappa shape index (κ1) is 21.3. The Labute approximate surface area is 183 Å². The van der Waals surface area contributed by atoms with Gasteiger partial charge in [0, 0.05) is 36.3 Å². The third-order valence-electron chi connectivity index (χ3n) is 5.81. The van der Waals surface area contributed by atoms with Crippen molar-refractivity contribution in [3.63, 3.8) is 0 Å². The van der Waals surface area contributed by atoms with Crippen LogP contribution in [0.1, 0.15) is 67.3 Å². The zero-order valence-corrected chi connectivity index (χ0v) is 18.8. The second-order valence-electron chi connectivity index (χ2n) is 9.21. The first-order valence-electron chi connectivity index (χ1n) is 10.8. The summed E-state index contributed by atoms with van der Waals surface area (Å²) in [4.78, 5) is 15.3. The van der Waals surface area contributed by atoms with Crippen molar-refractivity contribution in [2.45, 2.75) is 51.1 Å². The number of rotatable bonds is 6. The normalized spacial score (nSPS) is 18.9. The van der Waals surface area contributed by atoms with Gasteiger partial charge in [-0.1, -0.05) is 29.8 Å². The highest BCUT2D eigenvalue weighted by atomic mass is 35.5. The number of nitrogens with zero attached hydrogens (tertiary/aromatic N) is 3. The van der Waals surface area contributed by atoms with E-state index in [-0.39, 0.29) is 17.5 Å². The highest BCUT2D eigenvalue weighted by Gasteiger charge is 2.33. The molecule has 30 heavy (non-hydrogen) atoms. The minimum atomic E-state index is -0.148. The Morgan fingerprint density at radius 1 is 1.27 bits per heavy atom. The Kier molecular flexibility index (Phi) is 6.19. The molecular formula is C23H31ClN4O2. The quantitative estimate of drug-likeness (QED) is 0.753.